The molecular formula is C24H26N6O2. The molecule has 8 nitrogen and oxygen atoms in total. The van der Waals surface area contributed by atoms with Gasteiger partial charge in [-0.25, -0.2) is 4.90 Å². The van der Waals surface area contributed by atoms with Gasteiger partial charge in [0, 0.05) is 66.9 Å². The molecule has 2 aliphatic heterocycles. The molecule has 2 amide bonds. The van der Waals surface area contributed by atoms with Gasteiger partial charge in [-0.15, -0.1) is 0 Å². The van der Waals surface area contributed by atoms with Gasteiger partial charge in [0.15, 0.2) is 0 Å². The average Bonchev–Trinajstić information content (AvgIpc) is 2.81. The Hall–Kier alpha value is -3.62. The number of nitrogens with zero attached hydrogens (tertiary/aromatic N) is 2. The van der Waals surface area contributed by atoms with E-state index < -0.39 is 0 Å². The Bertz CT molecular complexity index is 1200. The van der Waals surface area contributed by atoms with Crippen LogP contribution in [0.1, 0.15) is 20.7 Å². The van der Waals surface area contributed by atoms with Gasteiger partial charge >= 0.3 is 0 Å². The van der Waals surface area contributed by atoms with Crippen LogP contribution in [0.4, 0.5) is 22.7 Å². The second-order valence-electron chi connectivity index (χ2n) is 8.17. The summed E-state index contributed by atoms with van der Waals surface area (Å²) in [6.07, 6.45) is 0. The van der Waals surface area contributed by atoms with Crippen molar-refractivity contribution in [1.82, 2.24) is 10.2 Å². The van der Waals surface area contributed by atoms with E-state index in [0.29, 0.717) is 33.6 Å². The number of nitrogens with one attached hydrogen (secondary N) is 2. The number of benzene rings is 3. The summed E-state index contributed by atoms with van der Waals surface area (Å²) < 4.78 is 0. The monoisotopic (exact) mass is 430 g/mol. The van der Waals surface area contributed by atoms with Gasteiger partial charge in [0.1, 0.15) is 0 Å². The molecule has 2 heterocycles. The first-order valence-electron chi connectivity index (χ1n) is 10.8. The van der Waals surface area contributed by atoms with Gasteiger partial charge in [0.05, 0.1) is 17.1 Å². The summed E-state index contributed by atoms with van der Waals surface area (Å²) in [5.74, 6) is -0.731. The molecule has 3 aromatic rings. The molecule has 0 radical (unpaired) electrons. The van der Waals surface area contributed by atoms with Crippen molar-refractivity contribution >= 4 is 45.3 Å². The van der Waals surface area contributed by atoms with Crippen LogP contribution in [0.2, 0.25) is 0 Å². The lowest BCUT2D eigenvalue weighted by Gasteiger charge is -2.29. The fraction of sp³-hybridized carbons (Fsp3) is 0.250. The molecule has 1 fully saturated rings. The number of piperazine rings is 1. The minimum atomic E-state index is -0.366. The second-order valence-corrected chi connectivity index (χ2v) is 8.17. The Kier molecular flexibility index (Phi) is 5.16. The first-order chi connectivity index (χ1) is 15.5. The molecule has 0 bridgehead atoms. The first kappa shape index (κ1) is 20.3. The van der Waals surface area contributed by atoms with Gasteiger partial charge in [-0.2, -0.15) is 0 Å². The van der Waals surface area contributed by atoms with Gasteiger partial charge in [0.2, 0.25) is 0 Å². The average molecular weight is 431 g/mol. The molecule has 32 heavy (non-hydrogen) atoms. The van der Waals surface area contributed by atoms with Gasteiger partial charge in [-0.3, -0.25) is 14.5 Å². The lowest BCUT2D eigenvalue weighted by atomic mass is 9.92. The minimum Gasteiger partial charge on any atom is -0.397 e. The van der Waals surface area contributed by atoms with Gasteiger partial charge in [-0.05, 0) is 36.4 Å². The van der Waals surface area contributed by atoms with Crippen LogP contribution in [-0.2, 0) is 0 Å². The zero-order valence-electron chi connectivity index (χ0n) is 17.7. The molecule has 164 valence electrons. The SMILES string of the molecule is Nc1ccc(N2C(=O)c3cccc4c(NCCN5CCNCC5)ccc(c34)C2=O)cc1N. The summed E-state index contributed by atoms with van der Waals surface area (Å²) >= 11 is 0. The van der Waals surface area contributed by atoms with Crippen molar-refractivity contribution in [2.75, 3.05) is 61.0 Å². The van der Waals surface area contributed by atoms with Crippen LogP contribution in [-0.4, -0.2) is 56.0 Å². The van der Waals surface area contributed by atoms with Crippen LogP contribution in [0.25, 0.3) is 10.8 Å². The molecule has 0 atom stereocenters. The van der Waals surface area contributed by atoms with E-state index in [4.69, 9.17) is 11.5 Å². The highest BCUT2D eigenvalue weighted by molar-refractivity contribution is 6.36. The van der Waals surface area contributed by atoms with E-state index in [2.05, 4.69) is 15.5 Å². The van der Waals surface area contributed by atoms with E-state index in [0.717, 1.165) is 50.3 Å². The molecule has 8 heteroatoms. The highest BCUT2D eigenvalue weighted by Crippen LogP contribution is 2.37. The Morgan fingerprint density at radius 1 is 0.906 bits per heavy atom. The number of imide groups is 1. The molecule has 3 aromatic carbocycles. The largest absolute Gasteiger partial charge is 0.397 e. The summed E-state index contributed by atoms with van der Waals surface area (Å²) in [6.45, 7) is 5.84. The van der Waals surface area contributed by atoms with Crippen molar-refractivity contribution in [1.29, 1.82) is 0 Å². The summed E-state index contributed by atoms with van der Waals surface area (Å²) in [4.78, 5) is 30.3. The Morgan fingerprint density at radius 3 is 2.41 bits per heavy atom. The van der Waals surface area contributed by atoms with Crippen LogP contribution in [0, 0.1) is 0 Å². The van der Waals surface area contributed by atoms with E-state index in [9.17, 15) is 9.59 Å². The lowest BCUT2D eigenvalue weighted by molar-refractivity contribution is 0.0893. The van der Waals surface area contributed by atoms with E-state index >= 15 is 0 Å². The molecule has 0 spiro atoms. The number of nitrogens with two attached hydrogens (primary N) is 2. The third kappa shape index (κ3) is 3.43. The third-order valence-corrected chi connectivity index (χ3v) is 6.19. The molecule has 1 saturated heterocycles. The Balaban J connectivity index is 1.47. The van der Waals surface area contributed by atoms with Crippen molar-refractivity contribution in [3.8, 4) is 0 Å². The number of hydrogen-bond acceptors (Lipinski definition) is 7. The number of amides is 2. The molecule has 0 unspecified atom stereocenters. The number of carbonyl (C=O) groups excluding carboxylic acids is 2. The molecule has 0 aliphatic carbocycles. The third-order valence-electron chi connectivity index (χ3n) is 6.19. The summed E-state index contributed by atoms with van der Waals surface area (Å²) in [7, 11) is 0. The number of carbonyl (C=O) groups is 2. The second kappa shape index (κ2) is 8.14. The fourth-order valence-corrected chi connectivity index (χ4v) is 4.47. The topological polar surface area (TPSA) is 117 Å². The zero-order valence-corrected chi connectivity index (χ0v) is 17.7. The predicted molar refractivity (Wildman–Crippen MR) is 128 cm³/mol. The maximum Gasteiger partial charge on any atom is 0.265 e. The van der Waals surface area contributed by atoms with Crippen LogP contribution < -0.4 is 27.0 Å². The van der Waals surface area contributed by atoms with Crippen molar-refractivity contribution in [3.05, 3.63) is 59.7 Å². The van der Waals surface area contributed by atoms with Gasteiger partial charge in [0.25, 0.3) is 11.8 Å². The van der Waals surface area contributed by atoms with Gasteiger partial charge in [-0.1, -0.05) is 12.1 Å². The number of hydrogen-bond donors (Lipinski definition) is 4. The number of rotatable bonds is 5. The summed E-state index contributed by atoms with van der Waals surface area (Å²) in [6, 6.07) is 14.1. The quantitative estimate of drug-likeness (QED) is 0.362. The zero-order chi connectivity index (χ0) is 22.2. The molecule has 0 saturated carbocycles. The van der Waals surface area contributed by atoms with E-state index in [1.165, 1.54) is 4.90 Å². The fourth-order valence-electron chi connectivity index (χ4n) is 4.47. The maximum atomic E-state index is 13.3. The van der Waals surface area contributed by atoms with Crippen molar-refractivity contribution in [3.63, 3.8) is 0 Å². The lowest BCUT2D eigenvalue weighted by Crippen LogP contribution is -2.45. The van der Waals surface area contributed by atoms with Gasteiger partial charge < -0.3 is 22.1 Å². The summed E-state index contributed by atoms with van der Waals surface area (Å²) in [5.41, 5.74) is 14.8. The highest BCUT2D eigenvalue weighted by atomic mass is 16.2. The van der Waals surface area contributed by atoms with Crippen molar-refractivity contribution < 1.29 is 9.59 Å². The molecule has 2 aliphatic rings. The molecule has 0 aromatic heterocycles. The van der Waals surface area contributed by atoms with E-state index in [1.807, 2.05) is 18.2 Å². The van der Waals surface area contributed by atoms with Crippen LogP contribution in [0.15, 0.2) is 48.5 Å². The molecule has 6 N–H and O–H groups in total. The summed E-state index contributed by atoms with van der Waals surface area (Å²) in [5, 5.41) is 8.42. The Labute approximate surface area is 186 Å². The first-order valence-corrected chi connectivity index (χ1v) is 10.8. The van der Waals surface area contributed by atoms with Crippen LogP contribution in [0.3, 0.4) is 0 Å². The minimum absolute atomic E-state index is 0.330. The molecule has 5 rings (SSSR count). The smallest absolute Gasteiger partial charge is 0.265 e. The molecular weight excluding hydrogens is 404 g/mol. The van der Waals surface area contributed by atoms with E-state index in [1.54, 1.807) is 30.3 Å². The maximum absolute atomic E-state index is 13.3. The normalized spacial score (nSPS) is 16.6. The standard InChI is InChI=1S/C24H26N6O2/c25-19-6-4-15(14-20(19)26)30-23(31)17-3-1-2-16-21(7-5-18(22(16)17)24(30)32)28-10-13-29-11-8-27-9-12-29/h1-7,14,27-28H,8-13,25-26H2. The van der Waals surface area contributed by atoms with Crippen molar-refractivity contribution in [2.45, 2.75) is 0 Å². The van der Waals surface area contributed by atoms with E-state index in [-0.39, 0.29) is 11.8 Å². The Morgan fingerprint density at radius 2 is 1.66 bits per heavy atom. The highest BCUT2D eigenvalue weighted by Gasteiger charge is 2.34. The van der Waals surface area contributed by atoms with Crippen molar-refractivity contribution in [2.24, 2.45) is 0 Å². The van der Waals surface area contributed by atoms with Crippen LogP contribution >= 0.6 is 0 Å². The number of nitrogen functional groups attached to an aromatic ring is 2. The predicted octanol–water partition coefficient (Wildman–Crippen LogP) is 2.12. The number of anilines is 4. The van der Waals surface area contributed by atoms with Crippen LogP contribution in [0.5, 0.6) is 0 Å².